The molecule has 0 saturated heterocycles. The molecule has 0 unspecified atom stereocenters. The number of aromatic nitrogens is 1. The van der Waals surface area contributed by atoms with Gasteiger partial charge in [0.1, 0.15) is 5.69 Å². The fraction of sp³-hybridized carbons (Fsp3) is 0.538. The van der Waals surface area contributed by atoms with Gasteiger partial charge in [0.05, 0.1) is 18.5 Å². The van der Waals surface area contributed by atoms with E-state index in [1.165, 1.54) is 12.3 Å². The second-order valence-electron chi connectivity index (χ2n) is 4.46. The summed E-state index contributed by atoms with van der Waals surface area (Å²) in [6, 6.07) is 3.18. The largest absolute Gasteiger partial charge is 0.477 e. The predicted octanol–water partition coefficient (Wildman–Crippen LogP) is 2.25. The molecule has 0 radical (unpaired) electrons. The Kier molecular flexibility index (Phi) is 6.14. The number of aromatic carboxylic acids is 1. The molecular weight excluding hydrogens is 232 g/mol. The second-order valence-corrected chi connectivity index (χ2v) is 4.46. The van der Waals surface area contributed by atoms with Crippen molar-refractivity contribution in [3.8, 4) is 0 Å². The van der Waals surface area contributed by atoms with E-state index in [1.807, 2.05) is 0 Å². The SMILES string of the molecule is CC(C)CCOCCNc1ccc(C(=O)O)nc1. The molecule has 1 heterocycles. The number of pyridine rings is 1. The predicted molar refractivity (Wildman–Crippen MR) is 70.0 cm³/mol. The molecule has 1 aromatic rings. The lowest BCUT2D eigenvalue weighted by atomic mass is 10.1. The van der Waals surface area contributed by atoms with Crippen LogP contribution < -0.4 is 5.32 Å². The number of hydrogen-bond acceptors (Lipinski definition) is 4. The molecular formula is C13H20N2O3. The molecule has 2 N–H and O–H groups in total. The average Bonchev–Trinajstić information content (AvgIpc) is 2.34. The lowest BCUT2D eigenvalue weighted by Crippen LogP contribution is -2.11. The first-order chi connectivity index (χ1) is 8.59. The van der Waals surface area contributed by atoms with E-state index in [2.05, 4.69) is 24.1 Å². The van der Waals surface area contributed by atoms with Crippen LogP contribution in [0.3, 0.4) is 0 Å². The highest BCUT2D eigenvalue weighted by Crippen LogP contribution is 2.05. The molecule has 1 aromatic heterocycles. The van der Waals surface area contributed by atoms with E-state index < -0.39 is 5.97 Å². The maximum absolute atomic E-state index is 10.6. The zero-order valence-electron chi connectivity index (χ0n) is 10.8. The number of carboxylic acids is 1. The number of nitrogens with one attached hydrogen (secondary N) is 1. The minimum atomic E-state index is -1.02. The van der Waals surface area contributed by atoms with Gasteiger partial charge in [-0.25, -0.2) is 9.78 Å². The van der Waals surface area contributed by atoms with Gasteiger partial charge in [-0.2, -0.15) is 0 Å². The molecule has 0 aliphatic carbocycles. The van der Waals surface area contributed by atoms with Gasteiger partial charge in [-0.3, -0.25) is 0 Å². The molecule has 0 aromatic carbocycles. The first kappa shape index (κ1) is 14.4. The molecule has 0 fully saturated rings. The van der Waals surface area contributed by atoms with E-state index in [0.29, 0.717) is 19.1 Å². The number of anilines is 1. The number of carbonyl (C=O) groups is 1. The average molecular weight is 252 g/mol. The van der Waals surface area contributed by atoms with Gasteiger partial charge in [-0.1, -0.05) is 13.8 Å². The smallest absolute Gasteiger partial charge is 0.354 e. The van der Waals surface area contributed by atoms with Crippen molar-refractivity contribution in [1.82, 2.24) is 4.98 Å². The zero-order valence-corrected chi connectivity index (χ0v) is 10.8. The highest BCUT2D eigenvalue weighted by molar-refractivity contribution is 5.85. The number of ether oxygens (including phenoxy) is 1. The van der Waals surface area contributed by atoms with Gasteiger partial charge in [0.25, 0.3) is 0 Å². The topological polar surface area (TPSA) is 71.5 Å². The van der Waals surface area contributed by atoms with Gasteiger partial charge in [0, 0.05) is 13.2 Å². The van der Waals surface area contributed by atoms with E-state index in [9.17, 15) is 4.79 Å². The minimum absolute atomic E-state index is 0.0498. The van der Waals surface area contributed by atoms with Crippen LogP contribution in [0.25, 0.3) is 0 Å². The first-order valence-corrected chi connectivity index (χ1v) is 6.10. The molecule has 0 atom stereocenters. The fourth-order valence-electron chi connectivity index (χ4n) is 1.31. The summed E-state index contributed by atoms with van der Waals surface area (Å²) < 4.78 is 5.45. The molecule has 0 spiro atoms. The van der Waals surface area contributed by atoms with Gasteiger partial charge < -0.3 is 15.2 Å². The molecule has 0 aliphatic rings. The minimum Gasteiger partial charge on any atom is -0.477 e. The van der Waals surface area contributed by atoms with Crippen LogP contribution >= 0.6 is 0 Å². The third-order valence-corrected chi connectivity index (χ3v) is 2.40. The number of carboxylic acid groups (broad SMARTS) is 1. The molecule has 0 saturated carbocycles. The van der Waals surface area contributed by atoms with Crippen molar-refractivity contribution >= 4 is 11.7 Å². The summed E-state index contributed by atoms with van der Waals surface area (Å²) in [4.78, 5) is 14.4. The molecule has 1 rings (SSSR count). The summed E-state index contributed by atoms with van der Waals surface area (Å²) >= 11 is 0. The lowest BCUT2D eigenvalue weighted by Gasteiger charge is -2.08. The van der Waals surface area contributed by atoms with Crippen molar-refractivity contribution in [2.45, 2.75) is 20.3 Å². The van der Waals surface area contributed by atoms with E-state index in [1.54, 1.807) is 6.07 Å². The van der Waals surface area contributed by atoms with Gasteiger partial charge >= 0.3 is 5.97 Å². The fourth-order valence-corrected chi connectivity index (χ4v) is 1.31. The maximum atomic E-state index is 10.6. The molecule has 0 bridgehead atoms. The summed E-state index contributed by atoms with van der Waals surface area (Å²) in [5.41, 5.74) is 0.848. The van der Waals surface area contributed by atoms with Crippen LogP contribution in [0.1, 0.15) is 30.8 Å². The Balaban J connectivity index is 2.17. The van der Waals surface area contributed by atoms with E-state index >= 15 is 0 Å². The lowest BCUT2D eigenvalue weighted by molar-refractivity contribution is 0.0690. The van der Waals surface area contributed by atoms with Crippen molar-refractivity contribution in [3.05, 3.63) is 24.0 Å². The Morgan fingerprint density at radius 3 is 2.78 bits per heavy atom. The summed E-state index contributed by atoms with van der Waals surface area (Å²) in [6.45, 7) is 6.42. The third kappa shape index (κ3) is 5.63. The van der Waals surface area contributed by atoms with Crippen molar-refractivity contribution in [1.29, 1.82) is 0 Å². The number of nitrogens with zero attached hydrogens (tertiary/aromatic N) is 1. The quantitative estimate of drug-likeness (QED) is 0.694. The highest BCUT2D eigenvalue weighted by Gasteiger charge is 2.02. The van der Waals surface area contributed by atoms with E-state index in [0.717, 1.165) is 18.7 Å². The summed E-state index contributed by atoms with van der Waals surface area (Å²) in [5.74, 6) is -0.357. The monoisotopic (exact) mass is 252 g/mol. The van der Waals surface area contributed by atoms with E-state index in [4.69, 9.17) is 9.84 Å². The Hall–Kier alpha value is -1.62. The highest BCUT2D eigenvalue weighted by atomic mass is 16.5. The van der Waals surface area contributed by atoms with Crippen LogP contribution in [0.5, 0.6) is 0 Å². The van der Waals surface area contributed by atoms with Gasteiger partial charge in [-0.05, 0) is 24.5 Å². The first-order valence-electron chi connectivity index (χ1n) is 6.10. The normalized spacial score (nSPS) is 10.6. The third-order valence-electron chi connectivity index (χ3n) is 2.40. The number of rotatable bonds is 8. The summed E-state index contributed by atoms with van der Waals surface area (Å²) in [7, 11) is 0. The van der Waals surface area contributed by atoms with Crippen LogP contribution in [0, 0.1) is 5.92 Å². The second kappa shape index (κ2) is 7.66. The number of hydrogen-bond donors (Lipinski definition) is 2. The molecule has 18 heavy (non-hydrogen) atoms. The van der Waals surface area contributed by atoms with Crippen LogP contribution in [0.15, 0.2) is 18.3 Å². The maximum Gasteiger partial charge on any atom is 0.354 e. The van der Waals surface area contributed by atoms with Gasteiger partial charge in [-0.15, -0.1) is 0 Å². The zero-order chi connectivity index (χ0) is 13.4. The summed E-state index contributed by atoms with van der Waals surface area (Å²) in [6.07, 6.45) is 2.58. The molecule has 5 heteroatoms. The molecule has 0 aliphatic heterocycles. The molecule has 0 amide bonds. The molecule has 5 nitrogen and oxygen atoms in total. The van der Waals surface area contributed by atoms with Crippen LogP contribution in [-0.2, 0) is 4.74 Å². The van der Waals surface area contributed by atoms with Crippen LogP contribution in [0.2, 0.25) is 0 Å². The van der Waals surface area contributed by atoms with Crippen LogP contribution in [-0.4, -0.2) is 35.8 Å². The van der Waals surface area contributed by atoms with Crippen LogP contribution in [0.4, 0.5) is 5.69 Å². The Morgan fingerprint density at radius 1 is 1.44 bits per heavy atom. The Bertz CT molecular complexity index is 363. The van der Waals surface area contributed by atoms with Gasteiger partial charge in [0.15, 0.2) is 0 Å². The Labute approximate surface area is 107 Å². The van der Waals surface area contributed by atoms with Crippen molar-refractivity contribution in [2.24, 2.45) is 5.92 Å². The standard InChI is InChI=1S/C13H20N2O3/c1-10(2)5-7-18-8-6-14-11-3-4-12(13(16)17)15-9-11/h3-4,9-10,14H,5-8H2,1-2H3,(H,16,17). The Morgan fingerprint density at radius 2 is 2.22 bits per heavy atom. The van der Waals surface area contributed by atoms with E-state index in [-0.39, 0.29) is 5.69 Å². The van der Waals surface area contributed by atoms with Crippen molar-refractivity contribution in [3.63, 3.8) is 0 Å². The molecule has 100 valence electrons. The summed E-state index contributed by atoms with van der Waals surface area (Å²) in [5, 5.41) is 11.8. The van der Waals surface area contributed by atoms with Crippen molar-refractivity contribution in [2.75, 3.05) is 25.1 Å². The van der Waals surface area contributed by atoms with Crippen molar-refractivity contribution < 1.29 is 14.6 Å². The van der Waals surface area contributed by atoms with Gasteiger partial charge in [0.2, 0.25) is 0 Å².